The molecular formula is C10H21N3O. The first kappa shape index (κ1) is 11.3. The second-order valence-electron chi connectivity index (χ2n) is 4.86. The average Bonchev–Trinajstić information content (AvgIpc) is 2.02. The van der Waals surface area contributed by atoms with Gasteiger partial charge in [-0.1, -0.05) is 0 Å². The highest BCUT2D eigenvalue weighted by molar-refractivity contribution is 5.78. The van der Waals surface area contributed by atoms with Gasteiger partial charge in [0.1, 0.15) is 0 Å². The normalized spacial score (nSPS) is 21.4. The molecule has 1 aliphatic heterocycles. The smallest absolute Gasteiger partial charge is 0.191 e. The molecule has 1 aliphatic rings. The predicted octanol–water partition coefficient (Wildman–Crippen LogP) is 0.556. The summed E-state index contributed by atoms with van der Waals surface area (Å²) in [5.41, 5.74) is 5.75. The highest BCUT2D eigenvalue weighted by atomic mass is 16.3. The van der Waals surface area contributed by atoms with Gasteiger partial charge < -0.3 is 15.7 Å². The quantitative estimate of drug-likeness (QED) is 0.442. The summed E-state index contributed by atoms with van der Waals surface area (Å²) in [6.45, 7) is 7.70. The number of nitrogens with zero attached hydrogens (tertiary/aromatic N) is 2. The van der Waals surface area contributed by atoms with Gasteiger partial charge in [-0.2, -0.15) is 0 Å². The molecule has 0 unspecified atom stereocenters. The fourth-order valence-electron chi connectivity index (χ4n) is 1.51. The number of hydrogen-bond acceptors (Lipinski definition) is 2. The van der Waals surface area contributed by atoms with E-state index >= 15 is 0 Å². The van der Waals surface area contributed by atoms with E-state index in [0.717, 1.165) is 25.9 Å². The molecule has 0 aliphatic carbocycles. The Labute approximate surface area is 85.8 Å². The van der Waals surface area contributed by atoms with Gasteiger partial charge in [-0.15, -0.1) is 0 Å². The third-order valence-corrected chi connectivity index (χ3v) is 2.24. The van der Waals surface area contributed by atoms with Gasteiger partial charge in [0.2, 0.25) is 0 Å². The Bertz CT molecular complexity index is 212. The SMILES string of the molecule is CC(C)(C)N=C(N)N1CCC(O)CC1. The average molecular weight is 199 g/mol. The number of aliphatic hydroxyl groups is 1. The van der Waals surface area contributed by atoms with E-state index in [0.29, 0.717) is 5.96 Å². The van der Waals surface area contributed by atoms with Crippen molar-refractivity contribution in [3.8, 4) is 0 Å². The Kier molecular flexibility index (Phi) is 3.37. The van der Waals surface area contributed by atoms with Crippen LogP contribution >= 0.6 is 0 Å². The topological polar surface area (TPSA) is 61.8 Å². The highest BCUT2D eigenvalue weighted by Crippen LogP contribution is 2.12. The lowest BCUT2D eigenvalue weighted by Crippen LogP contribution is -2.45. The van der Waals surface area contributed by atoms with Crippen molar-refractivity contribution < 1.29 is 5.11 Å². The lowest BCUT2D eigenvalue weighted by molar-refractivity contribution is 0.108. The van der Waals surface area contributed by atoms with Crippen molar-refractivity contribution in [3.63, 3.8) is 0 Å². The van der Waals surface area contributed by atoms with Crippen molar-refractivity contribution in [2.75, 3.05) is 13.1 Å². The maximum atomic E-state index is 9.33. The number of aliphatic hydroxyl groups excluding tert-OH is 1. The molecule has 0 aromatic rings. The van der Waals surface area contributed by atoms with Crippen LogP contribution in [0.2, 0.25) is 0 Å². The number of hydrogen-bond donors (Lipinski definition) is 2. The zero-order chi connectivity index (χ0) is 10.8. The maximum absolute atomic E-state index is 9.33. The van der Waals surface area contributed by atoms with E-state index in [4.69, 9.17) is 5.73 Å². The molecule has 0 spiro atoms. The van der Waals surface area contributed by atoms with Gasteiger partial charge in [0.25, 0.3) is 0 Å². The molecule has 0 radical (unpaired) electrons. The van der Waals surface area contributed by atoms with Crippen molar-refractivity contribution in [3.05, 3.63) is 0 Å². The van der Waals surface area contributed by atoms with Crippen molar-refractivity contribution in [1.82, 2.24) is 4.90 Å². The van der Waals surface area contributed by atoms with Gasteiger partial charge in [-0.05, 0) is 33.6 Å². The maximum Gasteiger partial charge on any atom is 0.191 e. The summed E-state index contributed by atoms with van der Waals surface area (Å²) in [5, 5.41) is 9.33. The number of nitrogens with two attached hydrogens (primary N) is 1. The molecule has 1 heterocycles. The molecule has 4 nitrogen and oxygen atoms in total. The lowest BCUT2D eigenvalue weighted by Gasteiger charge is -2.31. The summed E-state index contributed by atoms with van der Waals surface area (Å²) in [6, 6.07) is 0. The summed E-state index contributed by atoms with van der Waals surface area (Å²) < 4.78 is 0. The highest BCUT2D eigenvalue weighted by Gasteiger charge is 2.19. The first-order valence-corrected chi connectivity index (χ1v) is 5.17. The van der Waals surface area contributed by atoms with E-state index in [2.05, 4.69) is 4.99 Å². The lowest BCUT2D eigenvalue weighted by atomic mass is 10.1. The fourth-order valence-corrected chi connectivity index (χ4v) is 1.51. The van der Waals surface area contributed by atoms with E-state index in [1.807, 2.05) is 25.7 Å². The molecule has 0 aromatic heterocycles. The van der Waals surface area contributed by atoms with E-state index in [-0.39, 0.29) is 11.6 Å². The molecule has 0 amide bonds. The number of guanidine groups is 1. The van der Waals surface area contributed by atoms with Crippen molar-refractivity contribution in [1.29, 1.82) is 0 Å². The summed E-state index contributed by atoms with van der Waals surface area (Å²) in [7, 11) is 0. The third-order valence-electron chi connectivity index (χ3n) is 2.24. The van der Waals surface area contributed by atoms with Gasteiger partial charge in [-0.3, -0.25) is 0 Å². The predicted molar refractivity (Wildman–Crippen MR) is 58.2 cm³/mol. The molecule has 1 fully saturated rings. The van der Waals surface area contributed by atoms with Crippen molar-refractivity contribution >= 4 is 5.96 Å². The Hall–Kier alpha value is -0.770. The van der Waals surface area contributed by atoms with E-state index in [9.17, 15) is 5.11 Å². The van der Waals surface area contributed by atoms with Gasteiger partial charge in [0, 0.05) is 13.1 Å². The number of rotatable bonds is 0. The van der Waals surface area contributed by atoms with Crippen LogP contribution in [-0.2, 0) is 0 Å². The van der Waals surface area contributed by atoms with Crippen LogP contribution in [0.15, 0.2) is 4.99 Å². The standard InChI is InChI=1S/C10H21N3O/c1-10(2,3)12-9(11)13-6-4-8(14)5-7-13/h8,14H,4-7H2,1-3H3,(H2,11,12). The van der Waals surface area contributed by atoms with Gasteiger partial charge >= 0.3 is 0 Å². The second kappa shape index (κ2) is 4.17. The molecule has 0 saturated carbocycles. The number of aliphatic imine (C=N–C) groups is 1. The molecule has 3 N–H and O–H groups in total. The fraction of sp³-hybridized carbons (Fsp3) is 0.900. The third kappa shape index (κ3) is 3.54. The Morgan fingerprint density at radius 2 is 1.86 bits per heavy atom. The first-order chi connectivity index (χ1) is 6.38. The summed E-state index contributed by atoms with van der Waals surface area (Å²) in [5.74, 6) is 0.601. The van der Waals surface area contributed by atoms with Crippen LogP contribution in [-0.4, -0.2) is 40.7 Å². The van der Waals surface area contributed by atoms with E-state index in [1.54, 1.807) is 0 Å². The minimum absolute atomic E-state index is 0.125. The molecule has 82 valence electrons. The van der Waals surface area contributed by atoms with Gasteiger partial charge in [0.15, 0.2) is 5.96 Å². The van der Waals surface area contributed by atoms with Crippen LogP contribution in [0.4, 0.5) is 0 Å². The van der Waals surface area contributed by atoms with E-state index in [1.165, 1.54) is 0 Å². The molecule has 14 heavy (non-hydrogen) atoms. The van der Waals surface area contributed by atoms with Crippen LogP contribution in [0.5, 0.6) is 0 Å². The zero-order valence-electron chi connectivity index (χ0n) is 9.32. The Morgan fingerprint density at radius 3 is 2.29 bits per heavy atom. The first-order valence-electron chi connectivity index (χ1n) is 5.17. The monoisotopic (exact) mass is 199 g/mol. The summed E-state index contributed by atoms with van der Waals surface area (Å²) >= 11 is 0. The zero-order valence-corrected chi connectivity index (χ0v) is 9.32. The van der Waals surface area contributed by atoms with Crippen molar-refractivity contribution in [2.24, 2.45) is 10.7 Å². The van der Waals surface area contributed by atoms with Crippen LogP contribution in [0, 0.1) is 0 Å². The van der Waals surface area contributed by atoms with Crippen LogP contribution < -0.4 is 5.73 Å². The van der Waals surface area contributed by atoms with E-state index < -0.39 is 0 Å². The van der Waals surface area contributed by atoms with Gasteiger partial charge in [0.05, 0.1) is 11.6 Å². The molecule has 0 atom stereocenters. The Morgan fingerprint density at radius 1 is 1.36 bits per heavy atom. The minimum Gasteiger partial charge on any atom is -0.393 e. The number of likely N-dealkylation sites (tertiary alicyclic amines) is 1. The van der Waals surface area contributed by atoms with Gasteiger partial charge in [-0.25, -0.2) is 4.99 Å². The second-order valence-corrected chi connectivity index (χ2v) is 4.86. The van der Waals surface area contributed by atoms with Crippen molar-refractivity contribution in [2.45, 2.75) is 45.3 Å². The molecule has 0 aromatic carbocycles. The Balaban J connectivity index is 2.53. The van der Waals surface area contributed by atoms with Crippen LogP contribution in [0.1, 0.15) is 33.6 Å². The molecular weight excluding hydrogens is 178 g/mol. The van der Waals surface area contributed by atoms with Crippen LogP contribution in [0.3, 0.4) is 0 Å². The molecule has 4 heteroatoms. The molecule has 0 bridgehead atoms. The number of piperidine rings is 1. The minimum atomic E-state index is -0.159. The molecule has 1 saturated heterocycles. The molecule has 1 rings (SSSR count). The largest absolute Gasteiger partial charge is 0.393 e. The summed E-state index contributed by atoms with van der Waals surface area (Å²) in [4.78, 5) is 6.44. The summed E-state index contributed by atoms with van der Waals surface area (Å²) in [6.07, 6.45) is 1.43. The van der Waals surface area contributed by atoms with Crippen LogP contribution in [0.25, 0.3) is 0 Å².